The maximum absolute atomic E-state index is 12.2. The molecule has 1 amide bonds. The minimum atomic E-state index is -0.814. The van der Waals surface area contributed by atoms with Gasteiger partial charge in [0.15, 0.2) is 0 Å². The van der Waals surface area contributed by atoms with E-state index in [1.54, 1.807) is 0 Å². The lowest BCUT2D eigenvalue weighted by Gasteiger charge is -2.33. The minimum Gasteiger partial charge on any atom is -0.481 e. The van der Waals surface area contributed by atoms with Crippen molar-refractivity contribution in [1.29, 1.82) is 0 Å². The molecule has 1 aliphatic rings. The van der Waals surface area contributed by atoms with Crippen LogP contribution >= 0.6 is 0 Å². The third kappa shape index (κ3) is 3.48. The van der Waals surface area contributed by atoms with Gasteiger partial charge in [-0.05, 0) is 32.1 Å². The smallest absolute Gasteiger partial charge is 0.310 e. The Hall–Kier alpha value is -1.06. The highest BCUT2D eigenvalue weighted by molar-refractivity contribution is 5.85. The molecule has 0 atom stereocenters. The molecular formula is C15H27NO3. The van der Waals surface area contributed by atoms with Crippen LogP contribution < -0.4 is 5.32 Å². The van der Waals surface area contributed by atoms with Crippen LogP contribution in [0.15, 0.2) is 0 Å². The number of aliphatic carboxylic acids is 1. The van der Waals surface area contributed by atoms with Crippen LogP contribution in [0.4, 0.5) is 0 Å². The summed E-state index contributed by atoms with van der Waals surface area (Å²) in [6.07, 6.45) is 5.87. The first kappa shape index (κ1) is 16.0. The van der Waals surface area contributed by atoms with Crippen LogP contribution in [0.2, 0.25) is 0 Å². The maximum Gasteiger partial charge on any atom is 0.310 e. The van der Waals surface area contributed by atoms with Crippen molar-refractivity contribution in [2.45, 2.75) is 77.7 Å². The average Bonchev–Trinajstić information content (AvgIpc) is 2.86. The van der Waals surface area contributed by atoms with E-state index in [1.165, 1.54) is 0 Å². The fraction of sp³-hybridized carbons (Fsp3) is 0.867. The summed E-state index contributed by atoms with van der Waals surface area (Å²) in [7, 11) is 0. The highest BCUT2D eigenvalue weighted by atomic mass is 16.4. The van der Waals surface area contributed by atoms with E-state index in [0.717, 1.165) is 32.1 Å². The van der Waals surface area contributed by atoms with Crippen LogP contribution in [-0.2, 0) is 9.59 Å². The van der Waals surface area contributed by atoms with Crippen molar-refractivity contribution in [3.63, 3.8) is 0 Å². The Labute approximate surface area is 116 Å². The number of carbonyl (C=O) groups is 2. The molecule has 0 aromatic rings. The number of carboxylic acid groups (broad SMARTS) is 1. The van der Waals surface area contributed by atoms with E-state index >= 15 is 0 Å². The first-order chi connectivity index (χ1) is 8.93. The number of carbonyl (C=O) groups excluding carboxylic acids is 1. The Bertz CT molecular complexity index is 320. The molecule has 1 aliphatic carbocycles. The quantitative estimate of drug-likeness (QED) is 0.746. The Morgan fingerprint density at radius 3 is 1.95 bits per heavy atom. The van der Waals surface area contributed by atoms with Crippen molar-refractivity contribution in [2.24, 2.45) is 5.41 Å². The van der Waals surface area contributed by atoms with E-state index in [1.807, 2.05) is 0 Å². The molecular weight excluding hydrogens is 242 g/mol. The van der Waals surface area contributed by atoms with Crippen LogP contribution in [0.5, 0.6) is 0 Å². The highest BCUT2D eigenvalue weighted by Crippen LogP contribution is 2.41. The molecule has 110 valence electrons. The second-order valence-corrected chi connectivity index (χ2v) is 5.86. The number of hydrogen-bond acceptors (Lipinski definition) is 2. The highest BCUT2D eigenvalue weighted by Gasteiger charge is 2.43. The van der Waals surface area contributed by atoms with E-state index in [4.69, 9.17) is 0 Å². The van der Waals surface area contributed by atoms with Gasteiger partial charge in [-0.15, -0.1) is 0 Å². The molecule has 1 fully saturated rings. The third-order valence-electron chi connectivity index (χ3n) is 4.95. The molecule has 0 aromatic carbocycles. The lowest BCUT2D eigenvalue weighted by Crippen LogP contribution is -2.49. The molecule has 2 N–H and O–H groups in total. The number of hydrogen-bond donors (Lipinski definition) is 2. The van der Waals surface area contributed by atoms with Crippen LogP contribution in [0.3, 0.4) is 0 Å². The van der Waals surface area contributed by atoms with Gasteiger partial charge in [-0.1, -0.05) is 33.6 Å². The fourth-order valence-electron chi connectivity index (χ4n) is 3.18. The molecule has 0 bridgehead atoms. The molecule has 0 spiro atoms. The van der Waals surface area contributed by atoms with Gasteiger partial charge in [0.25, 0.3) is 0 Å². The van der Waals surface area contributed by atoms with Gasteiger partial charge in [-0.25, -0.2) is 0 Å². The monoisotopic (exact) mass is 269 g/mol. The molecule has 4 nitrogen and oxygen atoms in total. The maximum atomic E-state index is 12.2. The molecule has 19 heavy (non-hydrogen) atoms. The Balaban J connectivity index is 2.71. The van der Waals surface area contributed by atoms with Crippen molar-refractivity contribution in [2.75, 3.05) is 0 Å². The lowest BCUT2D eigenvalue weighted by atomic mass is 9.81. The zero-order chi connectivity index (χ0) is 14.5. The van der Waals surface area contributed by atoms with Gasteiger partial charge >= 0.3 is 5.97 Å². The predicted molar refractivity (Wildman–Crippen MR) is 74.9 cm³/mol. The Morgan fingerprint density at radius 2 is 1.58 bits per heavy atom. The largest absolute Gasteiger partial charge is 0.481 e. The lowest BCUT2D eigenvalue weighted by molar-refractivity contribution is -0.151. The Morgan fingerprint density at radius 1 is 1.11 bits per heavy atom. The molecule has 1 saturated carbocycles. The first-order valence-corrected chi connectivity index (χ1v) is 7.48. The second kappa shape index (κ2) is 6.40. The summed E-state index contributed by atoms with van der Waals surface area (Å²) < 4.78 is 0. The van der Waals surface area contributed by atoms with Crippen molar-refractivity contribution in [3.05, 3.63) is 0 Å². The molecule has 0 aliphatic heterocycles. The zero-order valence-electron chi connectivity index (χ0n) is 12.4. The second-order valence-electron chi connectivity index (χ2n) is 5.86. The number of amides is 1. The van der Waals surface area contributed by atoms with E-state index < -0.39 is 11.4 Å². The van der Waals surface area contributed by atoms with Crippen LogP contribution in [0.1, 0.15) is 72.1 Å². The van der Waals surface area contributed by atoms with E-state index in [2.05, 4.69) is 26.1 Å². The third-order valence-corrected chi connectivity index (χ3v) is 4.95. The molecule has 1 rings (SSSR count). The normalized spacial score (nSPS) is 18.3. The van der Waals surface area contributed by atoms with Crippen molar-refractivity contribution >= 4 is 11.9 Å². The summed E-state index contributed by atoms with van der Waals surface area (Å²) in [6, 6.07) is 0. The summed E-state index contributed by atoms with van der Waals surface area (Å²) in [4.78, 5) is 23.7. The standard InChI is InChI=1S/C15H27NO3/c1-4-15(5-2,6-3)16-12(17)11-14(13(18)19)9-7-8-10-14/h4-11H2,1-3H3,(H,16,17)(H,18,19). The van der Waals surface area contributed by atoms with Crippen molar-refractivity contribution in [1.82, 2.24) is 5.32 Å². The van der Waals surface area contributed by atoms with Crippen LogP contribution in [0.25, 0.3) is 0 Å². The molecule has 4 heteroatoms. The minimum absolute atomic E-state index is 0.102. The van der Waals surface area contributed by atoms with Crippen molar-refractivity contribution in [3.8, 4) is 0 Å². The summed E-state index contributed by atoms with van der Waals surface area (Å²) in [5.41, 5.74) is -0.986. The fourth-order valence-corrected chi connectivity index (χ4v) is 3.18. The summed E-state index contributed by atoms with van der Waals surface area (Å²) in [5, 5.41) is 12.5. The van der Waals surface area contributed by atoms with Gasteiger partial charge in [0.05, 0.1) is 5.41 Å². The summed E-state index contributed by atoms with van der Waals surface area (Å²) in [5.74, 6) is -0.912. The molecule has 0 unspecified atom stereocenters. The van der Waals surface area contributed by atoms with Crippen LogP contribution in [0, 0.1) is 5.41 Å². The van der Waals surface area contributed by atoms with E-state index in [0.29, 0.717) is 12.8 Å². The van der Waals surface area contributed by atoms with Crippen molar-refractivity contribution < 1.29 is 14.7 Å². The van der Waals surface area contributed by atoms with Gasteiger partial charge in [0.1, 0.15) is 0 Å². The van der Waals surface area contributed by atoms with E-state index in [9.17, 15) is 14.7 Å². The van der Waals surface area contributed by atoms with Gasteiger partial charge in [-0.3, -0.25) is 9.59 Å². The van der Waals surface area contributed by atoms with Gasteiger partial charge in [-0.2, -0.15) is 0 Å². The molecule has 0 heterocycles. The molecule has 0 aromatic heterocycles. The Kier molecular flexibility index (Phi) is 5.39. The predicted octanol–water partition coefficient (Wildman–Crippen LogP) is 3.11. The number of nitrogens with one attached hydrogen (secondary N) is 1. The SMILES string of the molecule is CCC(CC)(CC)NC(=O)CC1(C(=O)O)CCCC1. The van der Waals surface area contributed by atoms with Gasteiger partial charge in [0, 0.05) is 12.0 Å². The van der Waals surface area contributed by atoms with Crippen LogP contribution in [-0.4, -0.2) is 22.5 Å². The van der Waals surface area contributed by atoms with Gasteiger partial charge in [0.2, 0.25) is 5.91 Å². The number of carboxylic acids is 1. The summed E-state index contributed by atoms with van der Waals surface area (Å²) >= 11 is 0. The topological polar surface area (TPSA) is 66.4 Å². The molecule has 0 radical (unpaired) electrons. The van der Waals surface area contributed by atoms with E-state index in [-0.39, 0.29) is 17.9 Å². The first-order valence-electron chi connectivity index (χ1n) is 7.48. The molecule has 0 saturated heterocycles. The van der Waals surface area contributed by atoms with Gasteiger partial charge < -0.3 is 10.4 Å². The number of rotatable bonds is 7. The zero-order valence-corrected chi connectivity index (χ0v) is 12.4. The average molecular weight is 269 g/mol. The summed E-state index contributed by atoms with van der Waals surface area (Å²) in [6.45, 7) is 6.20.